The van der Waals surface area contributed by atoms with E-state index in [4.69, 9.17) is 23.2 Å². The van der Waals surface area contributed by atoms with Gasteiger partial charge in [-0.05, 0) is 31.0 Å². The van der Waals surface area contributed by atoms with Crippen LogP contribution in [0.2, 0.25) is 10.0 Å². The molecule has 1 aromatic carbocycles. The molecule has 1 N–H and O–H groups in total. The molecular weight excluding hydrogens is 309 g/mol. The van der Waals surface area contributed by atoms with E-state index >= 15 is 0 Å². The topological polar surface area (TPSA) is 63.2 Å². The van der Waals surface area contributed by atoms with Crippen LogP contribution < -0.4 is 5.32 Å². The Bertz CT molecular complexity index is 581. The maximum absolute atomic E-state index is 12.0. The first-order chi connectivity index (χ1) is 8.85. The molecule has 104 valence electrons. The average molecular weight is 322 g/mol. The van der Waals surface area contributed by atoms with E-state index < -0.39 is 15.8 Å². The normalized spacial score (nSPS) is 21.9. The van der Waals surface area contributed by atoms with Gasteiger partial charge in [-0.1, -0.05) is 23.2 Å². The lowest BCUT2D eigenvalue weighted by Gasteiger charge is -2.21. The monoisotopic (exact) mass is 321 g/mol. The molecule has 1 saturated heterocycles. The summed E-state index contributed by atoms with van der Waals surface area (Å²) >= 11 is 11.7. The van der Waals surface area contributed by atoms with Crippen LogP contribution in [0.3, 0.4) is 0 Å². The Morgan fingerprint density at radius 2 is 1.84 bits per heavy atom. The molecule has 2 rings (SSSR count). The maximum atomic E-state index is 12.0. The average Bonchev–Trinajstić information content (AvgIpc) is 2.25. The van der Waals surface area contributed by atoms with Gasteiger partial charge in [0.05, 0.1) is 17.4 Å². The number of nitrogens with one attached hydrogen (secondary N) is 1. The van der Waals surface area contributed by atoms with Gasteiger partial charge in [0.15, 0.2) is 9.84 Å². The summed E-state index contributed by atoms with van der Waals surface area (Å²) in [5.41, 5.74) is 0.477. The first kappa shape index (κ1) is 14.6. The van der Waals surface area contributed by atoms with Crippen LogP contribution in [-0.4, -0.2) is 25.8 Å². The minimum Gasteiger partial charge on any atom is -0.326 e. The van der Waals surface area contributed by atoms with Crippen molar-refractivity contribution in [3.05, 3.63) is 28.2 Å². The summed E-state index contributed by atoms with van der Waals surface area (Å²) in [7, 11) is -3.10. The molecule has 1 aliphatic rings. The van der Waals surface area contributed by atoms with Crippen molar-refractivity contribution in [3.8, 4) is 0 Å². The number of rotatable bonds is 2. The number of hydrogen-bond acceptors (Lipinski definition) is 3. The van der Waals surface area contributed by atoms with Gasteiger partial charge in [0.2, 0.25) is 5.91 Å². The number of carbonyl (C=O) groups excluding carboxylic acids is 1. The summed E-state index contributed by atoms with van der Waals surface area (Å²) < 4.78 is 23.0. The molecule has 4 nitrogen and oxygen atoms in total. The van der Waals surface area contributed by atoms with Crippen molar-refractivity contribution in [2.24, 2.45) is 5.92 Å². The molecule has 1 heterocycles. The Kier molecular flexibility index (Phi) is 4.38. The Morgan fingerprint density at radius 3 is 2.42 bits per heavy atom. The van der Waals surface area contributed by atoms with Crippen LogP contribution in [-0.2, 0) is 14.6 Å². The highest BCUT2D eigenvalue weighted by Gasteiger charge is 2.29. The van der Waals surface area contributed by atoms with E-state index in [1.54, 1.807) is 18.2 Å². The van der Waals surface area contributed by atoms with Crippen molar-refractivity contribution < 1.29 is 13.2 Å². The van der Waals surface area contributed by atoms with Gasteiger partial charge in [-0.15, -0.1) is 0 Å². The van der Waals surface area contributed by atoms with Crippen molar-refractivity contribution in [1.29, 1.82) is 0 Å². The molecule has 1 aromatic rings. The fraction of sp³-hybridized carbons (Fsp3) is 0.417. The van der Waals surface area contributed by atoms with E-state index in [9.17, 15) is 13.2 Å². The summed E-state index contributed by atoms with van der Waals surface area (Å²) in [5.74, 6) is -0.731. The standard InChI is InChI=1S/C12H13Cl2NO3S/c13-9-4-10(14)6-11(5-9)15-12(16)8-2-1-3-19(17,18)7-8/h4-6,8H,1-3,7H2,(H,15,16). The zero-order valence-corrected chi connectivity index (χ0v) is 12.4. The molecule has 1 atom stereocenters. The van der Waals surface area contributed by atoms with Gasteiger partial charge in [0, 0.05) is 15.7 Å². The summed E-state index contributed by atoms with van der Waals surface area (Å²) in [6.07, 6.45) is 1.11. The van der Waals surface area contributed by atoms with Gasteiger partial charge in [-0.25, -0.2) is 8.42 Å². The molecule has 0 aromatic heterocycles. The lowest BCUT2D eigenvalue weighted by atomic mass is 10.0. The first-order valence-electron chi connectivity index (χ1n) is 5.83. The molecule has 0 spiro atoms. The van der Waals surface area contributed by atoms with Gasteiger partial charge in [-0.2, -0.15) is 0 Å². The lowest BCUT2D eigenvalue weighted by Crippen LogP contribution is -2.34. The molecule has 1 fully saturated rings. The first-order valence-corrected chi connectivity index (χ1v) is 8.41. The summed E-state index contributed by atoms with van der Waals surface area (Å²) in [5, 5.41) is 3.49. The Hall–Kier alpha value is -0.780. The minimum absolute atomic E-state index is 0.0901. The van der Waals surface area contributed by atoms with E-state index in [0.29, 0.717) is 28.6 Å². The van der Waals surface area contributed by atoms with Crippen molar-refractivity contribution in [1.82, 2.24) is 0 Å². The van der Waals surface area contributed by atoms with Gasteiger partial charge < -0.3 is 5.32 Å². The number of anilines is 1. The Balaban J connectivity index is 2.08. The minimum atomic E-state index is -3.10. The SMILES string of the molecule is O=C(Nc1cc(Cl)cc(Cl)c1)C1CCCS(=O)(=O)C1. The van der Waals surface area contributed by atoms with E-state index in [-0.39, 0.29) is 17.4 Å². The zero-order chi connectivity index (χ0) is 14.0. The predicted molar refractivity (Wildman–Crippen MR) is 76.5 cm³/mol. The number of benzene rings is 1. The summed E-state index contributed by atoms with van der Waals surface area (Å²) in [4.78, 5) is 12.0. The van der Waals surface area contributed by atoms with Crippen molar-refractivity contribution in [2.75, 3.05) is 16.8 Å². The second-order valence-electron chi connectivity index (χ2n) is 4.60. The molecule has 7 heteroatoms. The van der Waals surface area contributed by atoms with Crippen LogP contribution in [0.15, 0.2) is 18.2 Å². The van der Waals surface area contributed by atoms with Crippen molar-refractivity contribution >= 4 is 44.6 Å². The third-order valence-corrected chi connectivity index (χ3v) is 5.22. The van der Waals surface area contributed by atoms with Crippen LogP contribution in [0.1, 0.15) is 12.8 Å². The van der Waals surface area contributed by atoms with Crippen LogP contribution >= 0.6 is 23.2 Å². The van der Waals surface area contributed by atoms with E-state index in [1.807, 2.05) is 0 Å². The number of hydrogen-bond donors (Lipinski definition) is 1. The number of sulfone groups is 1. The van der Waals surface area contributed by atoms with E-state index in [0.717, 1.165) is 0 Å². The van der Waals surface area contributed by atoms with E-state index in [2.05, 4.69) is 5.32 Å². The largest absolute Gasteiger partial charge is 0.326 e. The maximum Gasteiger partial charge on any atom is 0.228 e. The third kappa shape index (κ3) is 4.09. The Labute approximate surface area is 122 Å². The molecule has 1 aliphatic heterocycles. The van der Waals surface area contributed by atoms with Crippen LogP contribution in [0, 0.1) is 5.92 Å². The van der Waals surface area contributed by atoms with Crippen LogP contribution in [0.25, 0.3) is 0 Å². The number of halogens is 2. The fourth-order valence-electron chi connectivity index (χ4n) is 2.10. The summed E-state index contributed by atoms with van der Waals surface area (Å²) in [6.45, 7) is 0. The molecule has 19 heavy (non-hydrogen) atoms. The molecule has 0 aliphatic carbocycles. The second-order valence-corrected chi connectivity index (χ2v) is 7.70. The number of amides is 1. The predicted octanol–water partition coefficient (Wildman–Crippen LogP) is 2.76. The van der Waals surface area contributed by atoms with Crippen LogP contribution in [0.4, 0.5) is 5.69 Å². The van der Waals surface area contributed by atoms with Crippen molar-refractivity contribution in [3.63, 3.8) is 0 Å². The van der Waals surface area contributed by atoms with E-state index in [1.165, 1.54) is 0 Å². The summed E-state index contributed by atoms with van der Waals surface area (Å²) in [6, 6.07) is 4.70. The smallest absolute Gasteiger partial charge is 0.228 e. The molecule has 1 amide bonds. The second kappa shape index (κ2) is 5.69. The molecular formula is C12H13Cl2NO3S. The highest BCUT2D eigenvalue weighted by molar-refractivity contribution is 7.91. The van der Waals surface area contributed by atoms with Gasteiger partial charge in [0.25, 0.3) is 0 Å². The quantitative estimate of drug-likeness (QED) is 0.911. The lowest BCUT2D eigenvalue weighted by molar-refractivity contribution is -0.119. The van der Waals surface area contributed by atoms with Gasteiger partial charge in [0.1, 0.15) is 0 Å². The number of carbonyl (C=O) groups is 1. The zero-order valence-electron chi connectivity index (χ0n) is 10.0. The van der Waals surface area contributed by atoms with Crippen LogP contribution in [0.5, 0.6) is 0 Å². The Morgan fingerprint density at radius 1 is 1.21 bits per heavy atom. The highest BCUT2D eigenvalue weighted by atomic mass is 35.5. The molecule has 1 unspecified atom stereocenters. The third-order valence-electron chi connectivity index (χ3n) is 2.96. The highest BCUT2D eigenvalue weighted by Crippen LogP contribution is 2.24. The fourth-order valence-corrected chi connectivity index (χ4v) is 4.33. The molecule has 0 saturated carbocycles. The van der Waals surface area contributed by atoms with Gasteiger partial charge >= 0.3 is 0 Å². The molecule has 0 bridgehead atoms. The van der Waals surface area contributed by atoms with Crippen molar-refractivity contribution in [2.45, 2.75) is 12.8 Å². The van der Waals surface area contributed by atoms with Gasteiger partial charge in [-0.3, -0.25) is 4.79 Å². The molecule has 0 radical (unpaired) electrons.